The summed E-state index contributed by atoms with van der Waals surface area (Å²) in [5.41, 5.74) is 4.76. The summed E-state index contributed by atoms with van der Waals surface area (Å²) in [5.74, 6) is -0.309. The summed E-state index contributed by atoms with van der Waals surface area (Å²) in [6.45, 7) is 4.79. The van der Waals surface area contributed by atoms with E-state index in [-0.39, 0.29) is 12.0 Å². The average molecular weight is 424 g/mol. The van der Waals surface area contributed by atoms with Crippen molar-refractivity contribution in [1.29, 1.82) is 0 Å². The number of hydrogen-bond donors (Lipinski definition) is 1. The molecule has 0 saturated heterocycles. The van der Waals surface area contributed by atoms with Gasteiger partial charge in [-0.15, -0.1) is 0 Å². The Hall–Kier alpha value is -2.86. The van der Waals surface area contributed by atoms with Crippen LogP contribution in [-0.4, -0.2) is 43.2 Å². The van der Waals surface area contributed by atoms with Gasteiger partial charge in [0.25, 0.3) is 0 Å². The second kappa shape index (κ2) is 9.76. The Balaban J connectivity index is 1.92. The van der Waals surface area contributed by atoms with Crippen LogP contribution in [0.25, 0.3) is 0 Å². The van der Waals surface area contributed by atoms with E-state index >= 15 is 0 Å². The normalized spacial score (nSPS) is 16.3. The van der Waals surface area contributed by atoms with E-state index in [0.29, 0.717) is 23.8 Å². The van der Waals surface area contributed by atoms with Crippen molar-refractivity contribution in [2.75, 3.05) is 32.1 Å². The van der Waals surface area contributed by atoms with Crippen LogP contribution in [0.15, 0.2) is 65.9 Å². The molecule has 0 radical (unpaired) electrons. The van der Waals surface area contributed by atoms with Crippen molar-refractivity contribution < 1.29 is 9.53 Å². The van der Waals surface area contributed by atoms with Crippen LogP contribution in [-0.2, 0) is 16.0 Å². The maximum Gasteiger partial charge on any atom is 0.338 e. The van der Waals surface area contributed by atoms with Crippen molar-refractivity contribution in [2.24, 2.45) is 0 Å². The van der Waals surface area contributed by atoms with Gasteiger partial charge in [0.05, 0.1) is 18.2 Å². The average Bonchev–Trinajstić information content (AvgIpc) is 2.74. The molecule has 1 heterocycles. The number of rotatable bonds is 7. The summed E-state index contributed by atoms with van der Waals surface area (Å²) in [6, 6.07) is 18.1. The Kier molecular flexibility index (Phi) is 7.11. The van der Waals surface area contributed by atoms with E-state index in [0.717, 1.165) is 23.4 Å². The van der Waals surface area contributed by atoms with E-state index in [1.807, 2.05) is 80.2 Å². The van der Waals surface area contributed by atoms with Gasteiger partial charge in [0, 0.05) is 32.0 Å². The number of anilines is 1. The molecule has 0 aromatic heterocycles. The molecule has 0 unspecified atom stereocenters. The number of carbonyl (C=O) groups excluding carboxylic acids is 1. The molecule has 1 atom stereocenters. The third-order valence-electron chi connectivity index (χ3n) is 5.30. The van der Waals surface area contributed by atoms with E-state index < -0.39 is 0 Å². The van der Waals surface area contributed by atoms with Gasteiger partial charge in [0.15, 0.2) is 5.11 Å². The molecule has 5 nitrogen and oxygen atoms in total. The number of allylic oxidation sites excluding steroid dienone is 1. The molecule has 0 bridgehead atoms. The molecule has 2 aromatic rings. The van der Waals surface area contributed by atoms with E-state index in [9.17, 15) is 4.79 Å². The monoisotopic (exact) mass is 423 g/mol. The Morgan fingerprint density at radius 3 is 2.40 bits per heavy atom. The molecule has 0 spiro atoms. The van der Waals surface area contributed by atoms with Crippen molar-refractivity contribution >= 4 is 29.0 Å². The van der Waals surface area contributed by atoms with Crippen molar-refractivity contribution in [2.45, 2.75) is 26.3 Å². The first-order valence-corrected chi connectivity index (χ1v) is 10.6. The number of benzene rings is 2. The molecule has 0 saturated carbocycles. The molecule has 30 heavy (non-hydrogen) atoms. The second-order valence-corrected chi connectivity index (χ2v) is 7.86. The zero-order valence-electron chi connectivity index (χ0n) is 18.0. The molecular formula is C24H29N3O2S. The van der Waals surface area contributed by atoms with E-state index in [4.69, 9.17) is 17.0 Å². The number of nitrogens with zero attached hydrogens (tertiary/aromatic N) is 2. The zero-order chi connectivity index (χ0) is 21.7. The quantitative estimate of drug-likeness (QED) is 0.535. The van der Waals surface area contributed by atoms with Gasteiger partial charge in [0.2, 0.25) is 0 Å². The lowest BCUT2D eigenvalue weighted by molar-refractivity contribution is -0.139. The number of hydrogen-bond acceptors (Lipinski definition) is 4. The first-order chi connectivity index (χ1) is 14.4. The van der Waals surface area contributed by atoms with Gasteiger partial charge in [-0.1, -0.05) is 42.5 Å². The maximum absolute atomic E-state index is 12.9. The first-order valence-electron chi connectivity index (χ1n) is 10.2. The van der Waals surface area contributed by atoms with Crippen molar-refractivity contribution in [3.8, 4) is 0 Å². The fourth-order valence-corrected chi connectivity index (χ4v) is 3.97. The third-order valence-corrected chi connectivity index (χ3v) is 5.64. The molecule has 1 N–H and O–H groups in total. The largest absolute Gasteiger partial charge is 0.463 e. The highest BCUT2D eigenvalue weighted by Crippen LogP contribution is 2.32. The Bertz CT molecular complexity index is 923. The van der Waals surface area contributed by atoms with Gasteiger partial charge in [-0.05, 0) is 55.7 Å². The number of nitrogens with one attached hydrogen (secondary N) is 1. The molecule has 3 rings (SSSR count). The van der Waals surface area contributed by atoms with Gasteiger partial charge in [-0.25, -0.2) is 4.79 Å². The van der Waals surface area contributed by atoms with E-state index in [1.165, 1.54) is 5.56 Å². The van der Waals surface area contributed by atoms with Crippen LogP contribution in [0.3, 0.4) is 0 Å². The summed E-state index contributed by atoms with van der Waals surface area (Å²) in [7, 11) is 4.00. The van der Waals surface area contributed by atoms with Crippen LogP contribution < -0.4 is 10.2 Å². The third kappa shape index (κ3) is 4.82. The van der Waals surface area contributed by atoms with Crippen LogP contribution >= 0.6 is 12.2 Å². The maximum atomic E-state index is 12.9. The van der Waals surface area contributed by atoms with Gasteiger partial charge >= 0.3 is 5.97 Å². The molecule has 1 aliphatic heterocycles. The smallest absolute Gasteiger partial charge is 0.338 e. The van der Waals surface area contributed by atoms with Crippen molar-refractivity contribution in [3.63, 3.8) is 0 Å². The first kappa shape index (κ1) is 21.8. The molecule has 0 aliphatic carbocycles. The van der Waals surface area contributed by atoms with Crippen LogP contribution in [0.1, 0.15) is 31.0 Å². The highest BCUT2D eigenvalue weighted by atomic mass is 32.1. The Labute approximate surface area is 184 Å². The van der Waals surface area contributed by atoms with Crippen LogP contribution in [0.5, 0.6) is 0 Å². The molecule has 2 aromatic carbocycles. The molecule has 0 fully saturated rings. The molecule has 158 valence electrons. The highest BCUT2D eigenvalue weighted by Gasteiger charge is 2.34. The van der Waals surface area contributed by atoms with E-state index in [1.54, 1.807) is 0 Å². The number of carbonyl (C=O) groups is 1. The summed E-state index contributed by atoms with van der Waals surface area (Å²) < 4.78 is 5.40. The summed E-state index contributed by atoms with van der Waals surface area (Å²) >= 11 is 5.69. The molecular weight excluding hydrogens is 394 g/mol. The second-order valence-electron chi connectivity index (χ2n) is 7.48. The van der Waals surface area contributed by atoms with Crippen LogP contribution in [0.4, 0.5) is 5.69 Å². The van der Waals surface area contributed by atoms with Gasteiger partial charge < -0.3 is 19.9 Å². The number of thiocarbonyl (C=S) groups is 1. The Morgan fingerprint density at radius 2 is 1.80 bits per heavy atom. The van der Waals surface area contributed by atoms with E-state index in [2.05, 4.69) is 17.4 Å². The topological polar surface area (TPSA) is 44.8 Å². The minimum atomic E-state index is -0.333. The predicted octanol–water partition coefficient (Wildman–Crippen LogP) is 4.06. The summed E-state index contributed by atoms with van der Waals surface area (Å²) in [4.78, 5) is 16.9. The van der Waals surface area contributed by atoms with Crippen molar-refractivity contribution in [3.05, 3.63) is 77.0 Å². The Morgan fingerprint density at radius 1 is 1.13 bits per heavy atom. The standard InChI is InChI=1S/C24H29N3O2S/c1-5-29-23(28)21-17(2)27(16-15-18-9-7-6-8-10-18)24(30)25-22(21)19-11-13-20(14-12-19)26(3)4/h6-14,22H,5,15-16H2,1-4H3,(H,25,30)/t22-/m0/s1. The summed E-state index contributed by atoms with van der Waals surface area (Å²) in [6.07, 6.45) is 0.832. The fourth-order valence-electron chi connectivity index (χ4n) is 3.62. The zero-order valence-corrected chi connectivity index (χ0v) is 18.8. The number of ether oxygens (including phenoxy) is 1. The van der Waals surface area contributed by atoms with Gasteiger partial charge in [-0.2, -0.15) is 0 Å². The lowest BCUT2D eigenvalue weighted by atomic mass is 9.94. The van der Waals surface area contributed by atoms with Gasteiger partial charge in [0.1, 0.15) is 0 Å². The van der Waals surface area contributed by atoms with Crippen LogP contribution in [0, 0.1) is 0 Å². The lowest BCUT2D eigenvalue weighted by Gasteiger charge is -2.37. The van der Waals surface area contributed by atoms with Gasteiger partial charge in [-0.3, -0.25) is 0 Å². The fraction of sp³-hybridized carbons (Fsp3) is 0.333. The van der Waals surface area contributed by atoms with Crippen LogP contribution in [0.2, 0.25) is 0 Å². The minimum Gasteiger partial charge on any atom is -0.463 e. The molecule has 0 amide bonds. The molecule has 6 heteroatoms. The minimum absolute atomic E-state index is 0.309. The SMILES string of the molecule is CCOC(=O)C1=C(C)N(CCc2ccccc2)C(=S)N[C@H]1c1ccc(N(C)C)cc1. The predicted molar refractivity (Wildman–Crippen MR) is 125 cm³/mol. The lowest BCUT2D eigenvalue weighted by Crippen LogP contribution is -2.48. The number of esters is 1. The highest BCUT2D eigenvalue weighted by molar-refractivity contribution is 7.80. The van der Waals surface area contributed by atoms with Crippen molar-refractivity contribution in [1.82, 2.24) is 10.2 Å². The molecule has 1 aliphatic rings. The summed E-state index contributed by atoms with van der Waals surface area (Å²) in [5, 5.41) is 4.00.